The number of rotatable bonds is 3. The first kappa shape index (κ1) is 14.0. The molecule has 0 unspecified atom stereocenters. The van der Waals surface area contributed by atoms with Crippen LogP contribution in [0.25, 0.3) is 0 Å². The van der Waals surface area contributed by atoms with Crippen LogP contribution in [0, 0.1) is 17.7 Å². The fraction of sp³-hybridized carbons (Fsp3) is 0.0833. The standard InChI is InChI=1S/C12H11FN4O2S/c13-11-6-10(4-3-9(11)2-1-5-14)17-20(18,19)12-7-15-8-16-12/h3-4,6-8,17H,5,14H2,(H,15,16). The lowest BCUT2D eigenvalue weighted by molar-refractivity contribution is 0.598. The van der Waals surface area contributed by atoms with Crippen LogP contribution in [0.15, 0.2) is 35.7 Å². The van der Waals surface area contributed by atoms with Gasteiger partial charge in [-0.1, -0.05) is 11.8 Å². The quantitative estimate of drug-likeness (QED) is 0.724. The number of benzene rings is 1. The van der Waals surface area contributed by atoms with Gasteiger partial charge in [0, 0.05) is 0 Å². The molecule has 6 nitrogen and oxygen atoms in total. The molecule has 20 heavy (non-hydrogen) atoms. The zero-order valence-corrected chi connectivity index (χ0v) is 11.0. The van der Waals surface area contributed by atoms with Gasteiger partial charge in [0.05, 0.1) is 30.3 Å². The van der Waals surface area contributed by atoms with Crippen LogP contribution in [0.5, 0.6) is 0 Å². The van der Waals surface area contributed by atoms with Gasteiger partial charge in [0.15, 0.2) is 5.03 Å². The summed E-state index contributed by atoms with van der Waals surface area (Å²) in [6, 6.07) is 3.84. The molecule has 1 aromatic carbocycles. The topological polar surface area (TPSA) is 101 Å². The average molecular weight is 294 g/mol. The van der Waals surface area contributed by atoms with Crippen LogP contribution in [-0.4, -0.2) is 24.9 Å². The zero-order valence-electron chi connectivity index (χ0n) is 10.2. The summed E-state index contributed by atoms with van der Waals surface area (Å²) in [4.78, 5) is 6.08. The number of halogens is 1. The number of hydrogen-bond acceptors (Lipinski definition) is 4. The van der Waals surface area contributed by atoms with E-state index in [2.05, 4.69) is 26.5 Å². The SMILES string of the molecule is NCC#Cc1ccc(NS(=O)(=O)c2cnc[nH]2)cc1F. The molecule has 0 fully saturated rings. The molecule has 0 aliphatic heterocycles. The minimum Gasteiger partial charge on any atom is -0.334 e. The van der Waals surface area contributed by atoms with Gasteiger partial charge >= 0.3 is 0 Å². The number of nitrogens with zero attached hydrogens (tertiary/aromatic N) is 1. The first-order valence-electron chi connectivity index (χ1n) is 5.52. The van der Waals surface area contributed by atoms with E-state index in [4.69, 9.17) is 5.73 Å². The van der Waals surface area contributed by atoms with Crippen LogP contribution < -0.4 is 10.5 Å². The third-order valence-corrected chi connectivity index (χ3v) is 3.62. The molecule has 0 bridgehead atoms. The fourth-order valence-corrected chi connectivity index (χ4v) is 2.38. The van der Waals surface area contributed by atoms with E-state index in [9.17, 15) is 12.8 Å². The minimum absolute atomic E-state index is 0.0930. The number of hydrogen-bond donors (Lipinski definition) is 3. The molecule has 0 amide bonds. The summed E-state index contributed by atoms with van der Waals surface area (Å²) >= 11 is 0. The molecule has 0 saturated carbocycles. The number of nitrogens with one attached hydrogen (secondary N) is 2. The highest BCUT2D eigenvalue weighted by Gasteiger charge is 2.16. The Morgan fingerprint density at radius 1 is 1.45 bits per heavy atom. The van der Waals surface area contributed by atoms with Crippen molar-refractivity contribution in [3.8, 4) is 11.8 Å². The average Bonchev–Trinajstić information content (AvgIpc) is 2.92. The highest BCUT2D eigenvalue weighted by atomic mass is 32.2. The summed E-state index contributed by atoms with van der Waals surface area (Å²) in [7, 11) is -3.81. The molecular weight excluding hydrogens is 283 g/mol. The van der Waals surface area contributed by atoms with Gasteiger partial charge in [0.2, 0.25) is 0 Å². The van der Waals surface area contributed by atoms with E-state index in [1.165, 1.54) is 18.5 Å². The van der Waals surface area contributed by atoms with Crippen LogP contribution in [0.2, 0.25) is 0 Å². The van der Waals surface area contributed by atoms with Crippen molar-refractivity contribution in [2.45, 2.75) is 5.03 Å². The van der Waals surface area contributed by atoms with Crippen LogP contribution >= 0.6 is 0 Å². The van der Waals surface area contributed by atoms with Gasteiger partial charge in [-0.2, -0.15) is 8.42 Å². The lowest BCUT2D eigenvalue weighted by Gasteiger charge is -2.06. The lowest BCUT2D eigenvalue weighted by atomic mass is 10.2. The lowest BCUT2D eigenvalue weighted by Crippen LogP contribution is -2.13. The Kier molecular flexibility index (Phi) is 4.02. The van der Waals surface area contributed by atoms with Crippen LogP contribution in [0.3, 0.4) is 0 Å². The second-order valence-electron chi connectivity index (χ2n) is 3.72. The number of imidazole rings is 1. The Morgan fingerprint density at radius 2 is 2.25 bits per heavy atom. The van der Waals surface area contributed by atoms with Gasteiger partial charge in [0.1, 0.15) is 5.82 Å². The van der Waals surface area contributed by atoms with Gasteiger partial charge in [-0.25, -0.2) is 9.37 Å². The number of aromatic nitrogens is 2. The predicted octanol–water partition coefficient (Wildman–Crippen LogP) is 0.660. The molecule has 1 heterocycles. The summed E-state index contributed by atoms with van der Waals surface area (Å²) in [5, 5.41) is -0.107. The maximum Gasteiger partial charge on any atom is 0.278 e. The molecule has 104 valence electrons. The second kappa shape index (κ2) is 5.73. The maximum atomic E-state index is 13.7. The third-order valence-electron chi connectivity index (χ3n) is 2.31. The molecule has 2 rings (SSSR count). The van der Waals surface area contributed by atoms with E-state index in [1.54, 1.807) is 0 Å². The monoisotopic (exact) mass is 294 g/mol. The summed E-state index contributed by atoms with van der Waals surface area (Å²) in [5.41, 5.74) is 5.44. The molecule has 0 aliphatic carbocycles. The van der Waals surface area contributed by atoms with Crippen molar-refractivity contribution in [1.82, 2.24) is 9.97 Å². The minimum atomic E-state index is -3.81. The fourth-order valence-electron chi connectivity index (χ4n) is 1.43. The molecule has 1 aromatic heterocycles. The van der Waals surface area contributed by atoms with E-state index >= 15 is 0 Å². The Morgan fingerprint density at radius 3 is 2.85 bits per heavy atom. The maximum absolute atomic E-state index is 13.7. The highest BCUT2D eigenvalue weighted by Crippen LogP contribution is 2.17. The Bertz CT molecular complexity index is 760. The van der Waals surface area contributed by atoms with Crippen molar-refractivity contribution in [3.05, 3.63) is 42.1 Å². The molecule has 0 atom stereocenters. The first-order chi connectivity index (χ1) is 9.53. The van der Waals surface area contributed by atoms with E-state index in [1.807, 2.05) is 0 Å². The predicted molar refractivity (Wildman–Crippen MR) is 71.7 cm³/mol. The van der Waals surface area contributed by atoms with E-state index in [0.29, 0.717) is 0 Å². The van der Waals surface area contributed by atoms with Crippen molar-refractivity contribution < 1.29 is 12.8 Å². The van der Waals surface area contributed by atoms with Crippen LogP contribution in [0.1, 0.15) is 5.56 Å². The molecule has 2 aromatic rings. The number of H-pyrrole nitrogens is 1. The zero-order chi connectivity index (χ0) is 14.6. The van der Waals surface area contributed by atoms with Crippen molar-refractivity contribution in [1.29, 1.82) is 0 Å². The molecule has 8 heteroatoms. The largest absolute Gasteiger partial charge is 0.334 e. The molecule has 0 radical (unpaired) electrons. The first-order valence-corrected chi connectivity index (χ1v) is 7.01. The molecule has 0 aliphatic rings. The van der Waals surface area contributed by atoms with E-state index < -0.39 is 15.8 Å². The molecular formula is C12H11FN4O2S. The van der Waals surface area contributed by atoms with Gasteiger partial charge in [0.25, 0.3) is 10.0 Å². The molecule has 0 spiro atoms. The number of aromatic amines is 1. The summed E-state index contributed by atoms with van der Waals surface area (Å²) < 4.78 is 39.7. The summed E-state index contributed by atoms with van der Waals surface area (Å²) in [6.07, 6.45) is 2.39. The number of sulfonamides is 1. The number of nitrogens with two attached hydrogens (primary N) is 1. The molecule has 4 N–H and O–H groups in total. The van der Waals surface area contributed by atoms with Crippen molar-refractivity contribution >= 4 is 15.7 Å². The Hall–Kier alpha value is -2.37. The second-order valence-corrected chi connectivity index (χ2v) is 5.37. The third kappa shape index (κ3) is 3.14. The van der Waals surface area contributed by atoms with Crippen molar-refractivity contribution in [2.75, 3.05) is 11.3 Å². The van der Waals surface area contributed by atoms with Crippen molar-refractivity contribution in [3.63, 3.8) is 0 Å². The van der Waals surface area contributed by atoms with Gasteiger partial charge in [-0.05, 0) is 18.2 Å². The Labute approximate surface area is 115 Å². The van der Waals surface area contributed by atoms with Gasteiger partial charge in [-0.3, -0.25) is 4.72 Å². The Balaban J connectivity index is 2.25. The molecule has 0 saturated heterocycles. The normalized spacial score (nSPS) is 10.7. The van der Waals surface area contributed by atoms with E-state index in [-0.39, 0.29) is 22.8 Å². The van der Waals surface area contributed by atoms with Crippen LogP contribution in [0.4, 0.5) is 10.1 Å². The summed E-state index contributed by atoms with van der Waals surface area (Å²) in [5.74, 6) is 4.44. The smallest absolute Gasteiger partial charge is 0.278 e. The van der Waals surface area contributed by atoms with Crippen LogP contribution in [-0.2, 0) is 10.0 Å². The van der Waals surface area contributed by atoms with E-state index in [0.717, 1.165) is 12.3 Å². The summed E-state index contributed by atoms with van der Waals surface area (Å²) in [6.45, 7) is 0.119. The van der Waals surface area contributed by atoms with Gasteiger partial charge < -0.3 is 10.7 Å². The van der Waals surface area contributed by atoms with Crippen molar-refractivity contribution in [2.24, 2.45) is 5.73 Å². The number of anilines is 1. The van der Waals surface area contributed by atoms with Gasteiger partial charge in [-0.15, -0.1) is 0 Å². The highest BCUT2D eigenvalue weighted by molar-refractivity contribution is 7.92.